The number of aromatic nitrogens is 2. The minimum Gasteiger partial charge on any atom is -0.466 e. The number of non-ortho nitro benzene ring substituents is 1. The van der Waals surface area contributed by atoms with Gasteiger partial charge in [-0.25, -0.2) is 4.98 Å². The number of imidazole rings is 1. The molecule has 0 radical (unpaired) electrons. The van der Waals surface area contributed by atoms with E-state index in [2.05, 4.69) is 18.8 Å². The number of nitro benzene ring substituents is 1. The van der Waals surface area contributed by atoms with E-state index in [0.717, 1.165) is 23.5 Å². The summed E-state index contributed by atoms with van der Waals surface area (Å²) in [5, 5.41) is 10.8. The topological polar surface area (TPSA) is 87.3 Å². The lowest BCUT2D eigenvalue weighted by Gasteiger charge is -2.11. The van der Waals surface area contributed by atoms with Crippen molar-refractivity contribution in [3.05, 3.63) is 52.1 Å². The van der Waals surface area contributed by atoms with Crippen LogP contribution in [0.1, 0.15) is 32.2 Å². The van der Waals surface area contributed by atoms with Gasteiger partial charge < -0.3 is 9.30 Å². The van der Waals surface area contributed by atoms with Crippen LogP contribution in [0.25, 0.3) is 5.69 Å². The summed E-state index contributed by atoms with van der Waals surface area (Å²) < 4.78 is 6.84. The Morgan fingerprint density at radius 2 is 2.00 bits per heavy atom. The van der Waals surface area contributed by atoms with Crippen molar-refractivity contribution in [3.8, 4) is 5.69 Å². The maximum atomic E-state index is 11.9. The highest BCUT2D eigenvalue weighted by atomic mass is 16.6. The summed E-state index contributed by atoms with van der Waals surface area (Å²) in [6.45, 7) is 6.25. The Morgan fingerprint density at radius 1 is 1.33 bits per heavy atom. The van der Waals surface area contributed by atoms with Gasteiger partial charge in [-0.15, -0.1) is 0 Å². The van der Waals surface area contributed by atoms with E-state index < -0.39 is 4.92 Å². The van der Waals surface area contributed by atoms with Crippen LogP contribution >= 0.6 is 0 Å². The van der Waals surface area contributed by atoms with Gasteiger partial charge in [0.2, 0.25) is 0 Å². The van der Waals surface area contributed by atoms with E-state index in [1.807, 2.05) is 0 Å². The van der Waals surface area contributed by atoms with Crippen molar-refractivity contribution in [2.24, 2.45) is 5.92 Å². The van der Waals surface area contributed by atoms with E-state index >= 15 is 0 Å². The first-order chi connectivity index (χ1) is 11.4. The highest BCUT2D eigenvalue weighted by Gasteiger charge is 2.18. The lowest BCUT2D eigenvalue weighted by Crippen LogP contribution is -2.13. The zero-order valence-electron chi connectivity index (χ0n) is 14.1. The van der Waals surface area contributed by atoms with Crippen LogP contribution in [-0.2, 0) is 22.4 Å². The number of nitrogens with zero attached hydrogens (tertiary/aromatic N) is 3. The van der Waals surface area contributed by atoms with E-state index in [0.29, 0.717) is 12.5 Å². The average molecular weight is 331 g/mol. The highest BCUT2D eigenvalue weighted by Crippen LogP contribution is 2.21. The normalized spacial score (nSPS) is 10.8. The van der Waals surface area contributed by atoms with Crippen LogP contribution in [0.2, 0.25) is 0 Å². The van der Waals surface area contributed by atoms with E-state index in [1.54, 1.807) is 30.0 Å². The van der Waals surface area contributed by atoms with Crippen LogP contribution in [0.15, 0.2) is 30.6 Å². The standard InChI is InChI=1S/C17H21N3O4/c1-4-24-17(21)10-16-15(9-12(2)3)18-11-19(16)13-5-7-14(8-6-13)20(22)23/h5-8,11-12H,4,9-10H2,1-3H3. The van der Waals surface area contributed by atoms with Crippen molar-refractivity contribution < 1.29 is 14.5 Å². The Bertz CT molecular complexity index is 720. The second-order valence-electron chi connectivity index (χ2n) is 5.86. The van der Waals surface area contributed by atoms with Gasteiger partial charge >= 0.3 is 5.97 Å². The van der Waals surface area contributed by atoms with E-state index in [-0.39, 0.29) is 18.1 Å². The fourth-order valence-corrected chi connectivity index (χ4v) is 2.46. The maximum absolute atomic E-state index is 11.9. The number of benzene rings is 1. The Kier molecular flexibility index (Phi) is 5.68. The molecule has 0 saturated heterocycles. The second kappa shape index (κ2) is 7.72. The van der Waals surface area contributed by atoms with Gasteiger partial charge in [0.05, 0.1) is 35.7 Å². The Morgan fingerprint density at radius 3 is 2.54 bits per heavy atom. The molecular formula is C17H21N3O4. The van der Waals surface area contributed by atoms with Crippen LogP contribution < -0.4 is 0 Å². The molecule has 1 aromatic carbocycles. The number of rotatable bonds is 7. The zero-order valence-corrected chi connectivity index (χ0v) is 14.1. The largest absolute Gasteiger partial charge is 0.466 e. The first-order valence-corrected chi connectivity index (χ1v) is 7.87. The molecule has 0 atom stereocenters. The molecule has 7 nitrogen and oxygen atoms in total. The molecular weight excluding hydrogens is 310 g/mol. The number of ether oxygens (including phenoxy) is 1. The molecule has 7 heteroatoms. The SMILES string of the molecule is CCOC(=O)Cc1c(CC(C)C)ncn1-c1ccc([N+](=O)[O-])cc1. The summed E-state index contributed by atoms with van der Waals surface area (Å²) in [5.74, 6) is 0.0809. The summed E-state index contributed by atoms with van der Waals surface area (Å²) >= 11 is 0. The van der Waals surface area contributed by atoms with Crippen LogP contribution in [-0.4, -0.2) is 27.1 Å². The summed E-state index contributed by atoms with van der Waals surface area (Å²) in [4.78, 5) is 26.7. The molecule has 1 aromatic heterocycles. The molecule has 0 N–H and O–H groups in total. The lowest BCUT2D eigenvalue weighted by molar-refractivity contribution is -0.384. The lowest BCUT2D eigenvalue weighted by atomic mass is 10.1. The number of esters is 1. The fraction of sp³-hybridized carbons (Fsp3) is 0.412. The molecule has 2 rings (SSSR count). The second-order valence-corrected chi connectivity index (χ2v) is 5.86. The van der Waals surface area contributed by atoms with Crippen LogP contribution in [0, 0.1) is 16.0 Å². The van der Waals surface area contributed by atoms with Crippen molar-refractivity contribution in [2.75, 3.05) is 6.61 Å². The number of nitro groups is 1. The summed E-state index contributed by atoms with van der Waals surface area (Å²) in [5.41, 5.74) is 2.35. The zero-order chi connectivity index (χ0) is 17.7. The van der Waals surface area contributed by atoms with Gasteiger partial charge in [-0.3, -0.25) is 14.9 Å². The third-order valence-corrected chi connectivity index (χ3v) is 3.51. The molecule has 2 aromatic rings. The molecule has 0 spiro atoms. The van der Waals surface area contributed by atoms with Crippen LogP contribution in [0.4, 0.5) is 5.69 Å². The number of hydrogen-bond donors (Lipinski definition) is 0. The summed E-state index contributed by atoms with van der Waals surface area (Å²) in [7, 11) is 0. The van der Waals surface area contributed by atoms with Crippen molar-refractivity contribution in [3.63, 3.8) is 0 Å². The summed E-state index contributed by atoms with van der Waals surface area (Å²) in [6, 6.07) is 6.17. The molecule has 0 aliphatic carbocycles. The number of carbonyl (C=O) groups excluding carboxylic acids is 1. The molecule has 0 amide bonds. The smallest absolute Gasteiger partial charge is 0.311 e. The molecule has 0 saturated carbocycles. The predicted octanol–water partition coefficient (Wildman–Crippen LogP) is 3.08. The van der Waals surface area contributed by atoms with E-state index in [4.69, 9.17) is 4.74 Å². The molecule has 0 aliphatic heterocycles. The minimum absolute atomic E-state index is 0.0215. The molecule has 0 unspecified atom stereocenters. The van der Waals surface area contributed by atoms with Gasteiger partial charge in [0.15, 0.2) is 0 Å². The van der Waals surface area contributed by atoms with Crippen LogP contribution in [0.3, 0.4) is 0 Å². The number of hydrogen-bond acceptors (Lipinski definition) is 5. The van der Waals surface area contributed by atoms with Crippen molar-refractivity contribution in [1.82, 2.24) is 9.55 Å². The highest BCUT2D eigenvalue weighted by molar-refractivity contribution is 5.72. The molecule has 24 heavy (non-hydrogen) atoms. The molecule has 128 valence electrons. The molecule has 0 bridgehead atoms. The van der Waals surface area contributed by atoms with E-state index in [1.165, 1.54) is 12.1 Å². The van der Waals surface area contributed by atoms with Crippen LogP contribution in [0.5, 0.6) is 0 Å². The van der Waals surface area contributed by atoms with E-state index in [9.17, 15) is 14.9 Å². The van der Waals surface area contributed by atoms with Gasteiger partial charge in [0.25, 0.3) is 5.69 Å². The molecule has 0 aliphatic rings. The average Bonchev–Trinajstić information content (AvgIpc) is 2.89. The predicted molar refractivity (Wildman–Crippen MR) is 89.1 cm³/mol. The first-order valence-electron chi connectivity index (χ1n) is 7.87. The maximum Gasteiger partial charge on any atom is 0.311 e. The van der Waals surface area contributed by atoms with Crippen molar-refractivity contribution >= 4 is 11.7 Å². The Hall–Kier alpha value is -2.70. The number of carbonyl (C=O) groups is 1. The molecule has 1 heterocycles. The monoisotopic (exact) mass is 331 g/mol. The Labute approximate surface area is 140 Å². The van der Waals surface area contributed by atoms with Crippen molar-refractivity contribution in [2.45, 2.75) is 33.6 Å². The van der Waals surface area contributed by atoms with Gasteiger partial charge in [-0.05, 0) is 31.4 Å². The molecule has 0 fully saturated rings. The van der Waals surface area contributed by atoms with Gasteiger partial charge in [0, 0.05) is 17.8 Å². The minimum atomic E-state index is -0.443. The quantitative estimate of drug-likeness (QED) is 0.442. The fourth-order valence-electron chi connectivity index (χ4n) is 2.46. The van der Waals surface area contributed by atoms with Gasteiger partial charge in [0.1, 0.15) is 0 Å². The third-order valence-electron chi connectivity index (χ3n) is 3.51. The Balaban J connectivity index is 2.39. The van der Waals surface area contributed by atoms with Gasteiger partial charge in [-0.1, -0.05) is 13.8 Å². The van der Waals surface area contributed by atoms with Gasteiger partial charge in [-0.2, -0.15) is 0 Å². The summed E-state index contributed by atoms with van der Waals surface area (Å²) in [6.07, 6.45) is 2.51. The third kappa shape index (κ3) is 4.18. The van der Waals surface area contributed by atoms with Crippen molar-refractivity contribution in [1.29, 1.82) is 0 Å². The first kappa shape index (κ1) is 17.7.